The molecule has 0 atom stereocenters. The lowest BCUT2D eigenvalue weighted by molar-refractivity contribution is -0.382. The maximum Gasteiger partial charge on any atom is 0.338 e. The van der Waals surface area contributed by atoms with Crippen LogP contribution in [0.25, 0.3) is 22.3 Å². The van der Waals surface area contributed by atoms with Gasteiger partial charge in [-0.15, -0.1) is 0 Å². The minimum absolute atomic E-state index is 0.217. The molecule has 2 aromatic carbocycles. The smallest absolute Gasteiger partial charge is 0.258 e. The second-order valence-electron chi connectivity index (χ2n) is 5.71. The first-order chi connectivity index (χ1) is 11.9. The van der Waals surface area contributed by atoms with Crippen LogP contribution in [0.1, 0.15) is 11.1 Å². The summed E-state index contributed by atoms with van der Waals surface area (Å²) in [6, 6.07) is 14.4. The van der Waals surface area contributed by atoms with Crippen LogP contribution >= 0.6 is 11.3 Å². The van der Waals surface area contributed by atoms with Gasteiger partial charge in [-0.2, -0.15) is 0 Å². The van der Waals surface area contributed by atoms with E-state index in [-0.39, 0.29) is 10.0 Å². The number of nitrogens with zero attached hydrogens (tertiary/aromatic N) is 2. The lowest BCUT2D eigenvalue weighted by Gasteiger charge is -2.05. The molecule has 0 spiro atoms. The first-order valence-electron chi connectivity index (χ1n) is 7.48. The molecule has 0 N–H and O–H groups in total. The minimum atomic E-state index is -0.551. The fourth-order valence-corrected chi connectivity index (χ4v) is 3.62. The van der Waals surface area contributed by atoms with E-state index < -0.39 is 9.85 Å². The van der Waals surface area contributed by atoms with Gasteiger partial charge in [0, 0.05) is 11.3 Å². The standard InChI is InChI=1S/C18H14N2O4S/c1-11-3-7-13(8-4-11)15-16(14-9-5-12(2)6-10-14)18(20(23)24)25-17(15)19(21)22/h3-10H,1-2H3. The zero-order chi connectivity index (χ0) is 18.1. The number of benzene rings is 2. The van der Waals surface area contributed by atoms with Gasteiger partial charge < -0.3 is 0 Å². The van der Waals surface area contributed by atoms with E-state index in [1.54, 1.807) is 24.3 Å². The number of nitro groups is 2. The molecule has 0 aliphatic rings. The highest BCUT2D eigenvalue weighted by molar-refractivity contribution is 7.19. The molecule has 25 heavy (non-hydrogen) atoms. The molecule has 0 saturated carbocycles. The van der Waals surface area contributed by atoms with Crippen LogP contribution < -0.4 is 0 Å². The van der Waals surface area contributed by atoms with Crippen LogP contribution in [0.2, 0.25) is 0 Å². The quantitative estimate of drug-likeness (QED) is 0.456. The van der Waals surface area contributed by atoms with E-state index in [4.69, 9.17) is 0 Å². The van der Waals surface area contributed by atoms with Crippen LogP contribution in [0.4, 0.5) is 10.0 Å². The molecule has 7 heteroatoms. The van der Waals surface area contributed by atoms with Gasteiger partial charge in [0.25, 0.3) is 0 Å². The molecule has 0 aliphatic carbocycles. The van der Waals surface area contributed by atoms with Crippen LogP contribution in [0, 0.1) is 34.1 Å². The monoisotopic (exact) mass is 354 g/mol. The number of hydrogen-bond acceptors (Lipinski definition) is 5. The van der Waals surface area contributed by atoms with Crippen molar-refractivity contribution < 1.29 is 9.85 Å². The molecule has 1 heterocycles. The summed E-state index contributed by atoms with van der Waals surface area (Å²) in [5, 5.41) is 22.6. The maximum absolute atomic E-state index is 11.5. The van der Waals surface area contributed by atoms with Gasteiger partial charge in [0.1, 0.15) is 0 Å². The van der Waals surface area contributed by atoms with E-state index in [9.17, 15) is 20.2 Å². The molecule has 0 bridgehead atoms. The van der Waals surface area contributed by atoms with Crippen molar-refractivity contribution in [3.05, 3.63) is 79.9 Å². The molecule has 0 unspecified atom stereocenters. The summed E-state index contributed by atoms with van der Waals surface area (Å²) >= 11 is 0.602. The lowest BCUT2D eigenvalue weighted by Crippen LogP contribution is -1.91. The third-order valence-corrected chi connectivity index (χ3v) is 4.98. The highest BCUT2D eigenvalue weighted by Gasteiger charge is 2.34. The molecular formula is C18H14N2O4S. The van der Waals surface area contributed by atoms with Crippen molar-refractivity contribution in [2.24, 2.45) is 0 Å². The lowest BCUT2D eigenvalue weighted by atomic mass is 9.96. The van der Waals surface area contributed by atoms with Crippen molar-refractivity contribution in [2.75, 3.05) is 0 Å². The first kappa shape index (κ1) is 16.8. The Morgan fingerprint density at radius 2 is 1.00 bits per heavy atom. The van der Waals surface area contributed by atoms with Crippen LogP contribution in [-0.4, -0.2) is 9.85 Å². The second-order valence-corrected chi connectivity index (χ2v) is 6.69. The molecule has 6 nitrogen and oxygen atoms in total. The Hall–Kier alpha value is -3.06. The highest BCUT2D eigenvalue weighted by atomic mass is 32.1. The van der Waals surface area contributed by atoms with Crippen LogP contribution in [0.15, 0.2) is 48.5 Å². The van der Waals surface area contributed by atoms with E-state index in [1.807, 2.05) is 38.1 Å². The van der Waals surface area contributed by atoms with E-state index in [2.05, 4.69) is 0 Å². The third-order valence-electron chi connectivity index (χ3n) is 3.88. The molecule has 0 saturated heterocycles. The van der Waals surface area contributed by atoms with Crippen molar-refractivity contribution in [1.82, 2.24) is 0 Å². The second kappa shape index (κ2) is 6.45. The molecule has 0 fully saturated rings. The van der Waals surface area contributed by atoms with Crippen molar-refractivity contribution in [3.8, 4) is 22.3 Å². The van der Waals surface area contributed by atoms with Crippen molar-refractivity contribution >= 4 is 21.3 Å². The Labute approximate surface area is 147 Å². The summed E-state index contributed by atoms with van der Waals surface area (Å²) in [7, 11) is 0. The molecule has 3 rings (SSSR count). The molecule has 0 aliphatic heterocycles. The van der Waals surface area contributed by atoms with E-state index >= 15 is 0 Å². The summed E-state index contributed by atoms with van der Waals surface area (Å²) in [5.74, 6) is 0. The summed E-state index contributed by atoms with van der Waals surface area (Å²) in [6.45, 7) is 3.82. The van der Waals surface area contributed by atoms with Crippen LogP contribution in [0.3, 0.4) is 0 Å². The van der Waals surface area contributed by atoms with Gasteiger partial charge in [0.2, 0.25) is 0 Å². The van der Waals surface area contributed by atoms with Gasteiger partial charge in [-0.3, -0.25) is 20.2 Å². The molecule has 0 radical (unpaired) electrons. The van der Waals surface area contributed by atoms with E-state index in [0.717, 1.165) is 11.1 Å². The van der Waals surface area contributed by atoms with Crippen molar-refractivity contribution in [3.63, 3.8) is 0 Å². The summed E-state index contributed by atoms with van der Waals surface area (Å²) < 4.78 is 0. The molecule has 3 aromatic rings. The predicted molar refractivity (Wildman–Crippen MR) is 98.0 cm³/mol. The fourth-order valence-electron chi connectivity index (χ4n) is 2.64. The molecule has 126 valence electrons. The molecule has 1 aromatic heterocycles. The van der Waals surface area contributed by atoms with Gasteiger partial charge in [-0.1, -0.05) is 59.7 Å². The molecule has 0 amide bonds. The third kappa shape index (κ3) is 3.14. The first-order valence-corrected chi connectivity index (χ1v) is 8.29. The van der Waals surface area contributed by atoms with E-state index in [0.29, 0.717) is 33.6 Å². The SMILES string of the molecule is Cc1ccc(-c2c([N+](=O)[O-])sc([N+](=O)[O-])c2-c2ccc(C)cc2)cc1. The maximum atomic E-state index is 11.5. The largest absolute Gasteiger partial charge is 0.338 e. The number of thiophene rings is 1. The van der Waals surface area contributed by atoms with Gasteiger partial charge in [-0.05, 0) is 25.0 Å². The number of hydrogen-bond donors (Lipinski definition) is 0. The summed E-state index contributed by atoms with van der Waals surface area (Å²) in [4.78, 5) is 22.0. The van der Waals surface area contributed by atoms with Crippen molar-refractivity contribution in [2.45, 2.75) is 13.8 Å². The van der Waals surface area contributed by atoms with Gasteiger partial charge >= 0.3 is 10.0 Å². The van der Waals surface area contributed by atoms with Gasteiger partial charge in [0.05, 0.1) is 21.0 Å². The molecular weight excluding hydrogens is 340 g/mol. The van der Waals surface area contributed by atoms with Crippen LogP contribution in [-0.2, 0) is 0 Å². The normalized spacial score (nSPS) is 10.6. The van der Waals surface area contributed by atoms with Gasteiger partial charge in [0.15, 0.2) is 0 Å². The van der Waals surface area contributed by atoms with Gasteiger partial charge in [-0.25, -0.2) is 0 Å². The average molecular weight is 354 g/mol. The van der Waals surface area contributed by atoms with Crippen molar-refractivity contribution in [1.29, 1.82) is 0 Å². The zero-order valence-electron chi connectivity index (χ0n) is 13.6. The summed E-state index contributed by atoms with van der Waals surface area (Å²) in [6.07, 6.45) is 0. The minimum Gasteiger partial charge on any atom is -0.258 e. The number of aryl methyl sites for hydroxylation is 2. The Balaban J connectivity index is 2.37. The zero-order valence-corrected chi connectivity index (χ0v) is 14.4. The Morgan fingerprint density at radius 3 is 1.28 bits per heavy atom. The highest BCUT2D eigenvalue weighted by Crippen LogP contribution is 2.51. The van der Waals surface area contributed by atoms with E-state index in [1.165, 1.54) is 0 Å². The van der Waals surface area contributed by atoms with Crippen LogP contribution in [0.5, 0.6) is 0 Å². The Morgan fingerprint density at radius 1 is 0.680 bits per heavy atom. The average Bonchev–Trinajstić information content (AvgIpc) is 2.97. The Kier molecular flexibility index (Phi) is 4.33. The number of rotatable bonds is 4. The summed E-state index contributed by atoms with van der Waals surface area (Å²) in [5.41, 5.74) is 3.80. The Bertz CT molecular complexity index is 882. The predicted octanol–water partition coefficient (Wildman–Crippen LogP) is 5.52. The fraction of sp³-hybridized carbons (Fsp3) is 0.111. The topological polar surface area (TPSA) is 86.3 Å².